The Balaban J connectivity index is 2.50. The fraction of sp³-hybridized carbons (Fsp3) is 0.500. The number of nitrogens with one attached hydrogen (secondary N) is 1. The number of nitrogens with zero attached hydrogens (tertiary/aromatic N) is 2. The van der Waals surface area contributed by atoms with Gasteiger partial charge in [-0.05, 0) is 6.92 Å². The van der Waals surface area contributed by atoms with Crippen molar-refractivity contribution < 1.29 is 4.74 Å². The number of rotatable bonds is 2. The molecule has 1 rings (SSSR count). The summed E-state index contributed by atoms with van der Waals surface area (Å²) in [5.74, 6) is 0. The topological polar surface area (TPSA) is 50.8 Å². The van der Waals surface area contributed by atoms with Gasteiger partial charge in [0.15, 0.2) is 0 Å². The van der Waals surface area contributed by atoms with E-state index in [1.807, 2.05) is 6.92 Å². The second-order valence-corrected chi connectivity index (χ2v) is 1.21. The lowest BCUT2D eigenvalue weighted by Crippen LogP contribution is -1.92. The van der Waals surface area contributed by atoms with Gasteiger partial charge >= 0.3 is 6.01 Å². The van der Waals surface area contributed by atoms with Crippen molar-refractivity contribution in [1.29, 1.82) is 0 Å². The SMILES string of the molecule is CCOc1nc[nH]n1. The van der Waals surface area contributed by atoms with Crippen LogP contribution >= 0.6 is 0 Å². The Morgan fingerprint density at radius 2 is 2.75 bits per heavy atom. The van der Waals surface area contributed by atoms with Crippen molar-refractivity contribution in [2.45, 2.75) is 6.92 Å². The lowest BCUT2D eigenvalue weighted by molar-refractivity contribution is 0.314. The van der Waals surface area contributed by atoms with Gasteiger partial charge in [-0.2, -0.15) is 4.98 Å². The molecule has 4 nitrogen and oxygen atoms in total. The summed E-state index contributed by atoms with van der Waals surface area (Å²) in [6, 6.07) is 0.410. The molecule has 1 aromatic rings. The van der Waals surface area contributed by atoms with Crippen LogP contribution in [0.4, 0.5) is 0 Å². The highest BCUT2D eigenvalue weighted by molar-refractivity contribution is 4.84. The summed E-state index contributed by atoms with van der Waals surface area (Å²) >= 11 is 0. The lowest BCUT2D eigenvalue weighted by atomic mass is 10.9. The van der Waals surface area contributed by atoms with Crippen molar-refractivity contribution in [3.63, 3.8) is 0 Å². The molecule has 1 heterocycles. The molecule has 0 aliphatic carbocycles. The molecule has 0 radical (unpaired) electrons. The summed E-state index contributed by atoms with van der Waals surface area (Å²) in [4.78, 5) is 3.72. The Labute approximate surface area is 46.9 Å². The van der Waals surface area contributed by atoms with Crippen LogP contribution in [0.25, 0.3) is 0 Å². The van der Waals surface area contributed by atoms with Crippen molar-refractivity contribution in [2.24, 2.45) is 0 Å². The van der Waals surface area contributed by atoms with Crippen molar-refractivity contribution in [1.82, 2.24) is 15.2 Å². The van der Waals surface area contributed by atoms with Crippen LogP contribution < -0.4 is 4.74 Å². The Morgan fingerprint density at radius 3 is 3.25 bits per heavy atom. The van der Waals surface area contributed by atoms with E-state index in [9.17, 15) is 0 Å². The third-order valence-corrected chi connectivity index (χ3v) is 0.666. The molecular weight excluding hydrogens is 106 g/mol. The van der Waals surface area contributed by atoms with Crippen LogP contribution in [0, 0.1) is 0 Å². The minimum absolute atomic E-state index is 0.410. The molecule has 1 N–H and O–H groups in total. The highest BCUT2D eigenvalue weighted by Crippen LogP contribution is 1.93. The van der Waals surface area contributed by atoms with Gasteiger partial charge in [-0.3, -0.25) is 5.10 Å². The van der Waals surface area contributed by atoms with Gasteiger partial charge in [-0.1, -0.05) is 0 Å². The maximum Gasteiger partial charge on any atom is 0.335 e. The molecule has 0 fully saturated rings. The number of hydrogen-bond donors (Lipinski definition) is 1. The zero-order valence-electron chi connectivity index (χ0n) is 4.59. The van der Waals surface area contributed by atoms with Crippen LogP contribution in [0.5, 0.6) is 6.01 Å². The molecule has 1 aromatic heterocycles. The van der Waals surface area contributed by atoms with Crippen LogP contribution in [0.1, 0.15) is 6.92 Å². The number of hydrogen-bond acceptors (Lipinski definition) is 3. The van der Waals surface area contributed by atoms with E-state index in [-0.39, 0.29) is 0 Å². The summed E-state index contributed by atoms with van der Waals surface area (Å²) in [6.07, 6.45) is 1.48. The molecule has 44 valence electrons. The zero-order valence-corrected chi connectivity index (χ0v) is 4.59. The molecule has 0 spiro atoms. The standard InChI is InChI=1S/C4H7N3O/c1-2-8-4-5-3-6-7-4/h3H,2H2,1H3,(H,5,6,7). The van der Waals surface area contributed by atoms with Crippen molar-refractivity contribution in [3.05, 3.63) is 6.33 Å². The van der Waals surface area contributed by atoms with Crippen molar-refractivity contribution in [3.8, 4) is 6.01 Å². The van der Waals surface area contributed by atoms with Crippen LogP contribution in [0.3, 0.4) is 0 Å². The number of ether oxygens (including phenoxy) is 1. The van der Waals surface area contributed by atoms with Gasteiger partial charge < -0.3 is 4.74 Å². The molecular formula is C4H7N3O. The summed E-state index contributed by atoms with van der Waals surface area (Å²) in [7, 11) is 0. The van der Waals surface area contributed by atoms with Crippen LogP contribution in [0.2, 0.25) is 0 Å². The van der Waals surface area contributed by atoms with Gasteiger partial charge in [0, 0.05) is 0 Å². The fourth-order valence-electron chi connectivity index (χ4n) is 0.396. The molecule has 0 aliphatic rings. The third kappa shape index (κ3) is 0.959. The molecule has 0 saturated carbocycles. The maximum absolute atomic E-state index is 4.89. The number of aromatic amines is 1. The first-order chi connectivity index (χ1) is 3.93. The maximum atomic E-state index is 4.89. The molecule has 4 heteroatoms. The first kappa shape index (κ1) is 5.08. The van der Waals surface area contributed by atoms with Gasteiger partial charge in [0.1, 0.15) is 6.33 Å². The van der Waals surface area contributed by atoms with E-state index in [0.717, 1.165) is 0 Å². The van der Waals surface area contributed by atoms with E-state index < -0.39 is 0 Å². The minimum atomic E-state index is 0.410. The monoisotopic (exact) mass is 113 g/mol. The minimum Gasteiger partial charge on any atom is -0.463 e. The van der Waals surface area contributed by atoms with Crippen LogP contribution in [-0.2, 0) is 0 Å². The fourth-order valence-corrected chi connectivity index (χ4v) is 0.396. The highest BCUT2D eigenvalue weighted by Gasteiger charge is 1.89. The van der Waals surface area contributed by atoms with E-state index >= 15 is 0 Å². The van der Waals surface area contributed by atoms with Gasteiger partial charge in [0.2, 0.25) is 0 Å². The van der Waals surface area contributed by atoms with E-state index in [1.54, 1.807) is 0 Å². The Bertz CT molecular complexity index is 137. The molecule has 0 saturated heterocycles. The summed E-state index contributed by atoms with van der Waals surface area (Å²) in [6.45, 7) is 2.49. The molecule has 8 heavy (non-hydrogen) atoms. The average Bonchev–Trinajstić information content (AvgIpc) is 2.19. The molecule has 0 unspecified atom stereocenters. The van der Waals surface area contributed by atoms with E-state index in [2.05, 4.69) is 15.2 Å². The van der Waals surface area contributed by atoms with Crippen molar-refractivity contribution in [2.75, 3.05) is 6.61 Å². The highest BCUT2D eigenvalue weighted by atomic mass is 16.5. The molecule has 0 bridgehead atoms. The average molecular weight is 113 g/mol. The number of aromatic nitrogens is 3. The van der Waals surface area contributed by atoms with Gasteiger partial charge in [0.05, 0.1) is 6.61 Å². The second kappa shape index (κ2) is 2.30. The summed E-state index contributed by atoms with van der Waals surface area (Å²) in [5, 5.41) is 6.18. The van der Waals surface area contributed by atoms with Crippen LogP contribution in [0.15, 0.2) is 6.33 Å². The van der Waals surface area contributed by atoms with Gasteiger partial charge in [-0.25, -0.2) is 0 Å². The normalized spacial score (nSPS) is 9.12. The molecule has 0 atom stereocenters. The largest absolute Gasteiger partial charge is 0.463 e. The Morgan fingerprint density at radius 1 is 1.88 bits per heavy atom. The van der Waals surface area contributed by atoms with E-state index in [1.165, 1.54) is 6.33 Å². The molecule has 0 amide bonds. The quantitative estimate of drug-likeness (QED) is 0.596. The van der Waals surface area contributed by atoms with Crippen molar-refractivity contribution >= 4 is 0 Å². The third-order valence-electron chi connectivity index (χ3n) is 0.666. The first-order valence-corrected chi connectivity index (χ1v) is 2.42. The number of H-pyrrole nitrogens is 1. The second-order valence-electron chi connectivity index (χ2n) is 1.21. The Kier molecular flexibility index (Phi) is 1.46. The van der Waals surface area contributed by atoms with E-state index in [4.69, 9.17) is 4.74 Å². The predicted molar refractivity (Wildman–Crippen MR) is 27.6 cm³/mol. The lowest BCUT2D eigenvalue weighted by Gasteiger charge is -1.90. The molecule has 0 aliphatic heterocycles. The van der Waals surface area contributed by atoms with Gasteiger partial charge in [-0.15, -0.1) is 5.10 Å². The zero-order chi connectivity index (χ0) is 5.82. The van der Waals surface area contributed by atoms with Gasteiger partial charge in [0.25, 0.3) is 0 Å². The Hall–Kier alpha value is -1.06. The summed E-state index contributed by atoms with van der Waals surface area (Å²) < 4.78 is 4.89. The summed E-state index contributed by atoms with van der Waals surface area (Å²) in [5.41, 5.74) is 0. The molecule has 0 aromatic carbocycles. The smallest absolute Gasteiger partial charge is 0.335 e. The predicted octanol–water partition coefficient (Wildman–Crippen LogP) is 0.203. The van der Waals surface area contributed by atoms with Crippen LogP contribution in [-0.4, -0.2) is 21.8 Å². The first-order valence-electron chi connectivity index (χ1n) is 2.42. The van der Waals surface area contributed by atoms with E-state index in [0.29, 0.717) is 12.6 Å².